The summed E-state index contributed by atoms with van der Waals surface area (Å²) in [6.45, 7) is 14.7. The lowest BCUT2D eigenvalue weighted by molar-refractivity contribution is 0.140. The molecule has 0 spiro atoms. The van der Waals surface area contributed by atoms with Crippen LogP contribution < -0.4 is 5.32 Å². The monoisotopic (exact) mass is 183 g/mol. The highest BCUT2D eigenvalue weighted by Crippen LogP contribution is 2.34. The number of hydrogen-bond acceptors (Lipinski definition) is 1. The van der Waals surface area contributed by atoms with Crippen LogP contribution in [-0.4, -0.2) is 6.54 Å². The predicted octanol–water partition coefficient (Wildman–Crippen LogP) is 3.43. The fraction of sp³-hybridized carbons (Fsp3) is 0.833. The van der Waals surface area contributed by atoms with Gasteiger partial charge in [0.1, 0.15) is 0 Å². The average Bonchev–Trinajstić information content (AvgIpc) is 2.03. The van der Waals surface area contributed by atoms with Gasteiger partial charge in [0, 0.05) is 6.54 Å². The number of hydrogen-bond donors (Lipinski definition) is 1. The summed E-state index contributed by atoms with van der Waals surface area (Å²) in [6.07, 6.45) is 4.07. The van der Waals surface area contributed by atoms with Crippen molar-refractivity contribution >= 4 is 0 Å². The summed E-state index contributed by atoms with van der Waals surface area (Å²) in [7, 11) is 0. The first-order chi connectivity index (χ1) is 5.95. The lowest BCUT2D eigenvalue weighted by Crippen LogP contribution is -2.38. The molecule has 0 rings (SSSR count). The Labute approximate surface area is 83.6 Å². The highest BCUT2D eigenvalue weighted by molar-refractivity contribution is 4.86. The van der Waals surface area contributed by atoms with Crippen molar-refractivity contribution in [2.24, 2.45) is 17.3 Å². The summed E-state index contributed by atoms with van der Waals surface area (Å²) in [5.74, 6) is 1.43. The van der Waals surface area contributed by atoms with Crippen molar-refractivity contribution in [3.05, 3.63) is 12.3 Å². The van der Waals surface area contributed by atoms with Crippen LogP contribution in [0.5, 0.6) is 0 Å². The molecule has 0 radical (unpaired) electrons. The van der Waals surface area contributed by atoms with Crippen LogP contribution in [-0.2, 0) is 0 Å². The van der Waals surface area contributed by atoms with E-state index in [2.05, 4.69) is 39.9 Å². The number of allylic oxidation sites excluding steroid dienone is 1. The molecule has 0 aromatic heterocycles. The lowest BCUT2D eigenvalue weighted by Gasteiger charge is -2.38. The van der Waals surface area contributed by atoms with Gasteiger partial charge in [0.05, 0.1) is 0 Å². The van der Waals surface area contributed by atoms with Gasteiger partial charge in [-0.15, -0.1) is 0 Å². The minimum Gasteiger partial charge on any atom is -0.391 e. The molecule has 1 nitrogen and oxygen atoms in total. The average molecular weight is 183 g/mol. The van der Waals surface area contributed by atoms with E-state index in [1.165, 1.54) is 0 Å². The van der Waals surface area contributed by atoms with Gasteiger partial charge in [0.25, 0.3) is 0 Å². The highest BCUT2D eigenvalue weighted by atomic mass is 14.8. The molecule has 0 atom stereocenters. The molecule has 0 saturated heterocycles. The molecule has 0 saturated carbocycles. The Kier molecular flexibility index (Phi) is 5.12. The Balaban J connectivity index is 4.25. The third kappa shape index (κ3) is 3.41. The SMILES string of the molecule is C/C=C\NCC(C)(C(C)C)C(C)C. The van der Waals surface area contributed by atoms with Crippen molar-refractivity contribution in [2.45, 2.75) is 41.5 Å². The van der Waals surface area contributed by atoms with Crippen LogP contribution in [0.25, 0.3) is 0 Å². The van der Waals surface area contributed by atoms with E-state index in [9.17, 15) is 0 Å². The minimum atomic E-state index is 0.388. The Bertz CT molecular complexity index is 149. The second-order valence-electron chi connectivity index (χ2n) is 4.70. The predicted molar refractivity (Wildman–Crippen MR) is 60.6 cm³/mol. The van der Waals surface area contributed by atoms with E-state index in [0.717, 1.165) is 6.54 Å². The normalized spacial score (nSPS) is 13.2. The third-order valence-corrected chi connectivity index (χ3v) is 3.41. The van der Waals surface area contributed by atoms with Crippen molar-refractivity contribution in [3.8, 4) is 0 Å². The van der Waals surface area contributed by atoms with Crippen molar-refractivity contribution < 1.29 is 0 Å². The van der Waals surface area contributed by atoms with Crippen LogP contribution in [0.4, 0.5) is 0 Å². The molecular formula is C12H25N. The maximum atomic E-state index is 3.36. The fourth-order valence-electron chi connectivity index (χ4n) is 1.47. The van der Waals surface area contributed by atoms with Crippen molar-refractivity contribution in [2.75, 3.05) is 6.54 Å². The van der Waals surface area contributed by atoms with E-state index in [-0.39, 0.29) is 0 Å². The van der Waals surface area contributed by atoms with Crippen LogP contribution >= 0.6 is 0 Å². The molecule has 0 aromatic rings. The first-order valence-electron chi connectivity index (χ1n) is 5.29. The lowest BCUT2D eigenvalue weighted by atomic mass is 9.70. The summed E-state index contributed by atoms with van der Waals surface area (Å²) in [4.78, 5) is 0. The summed E-state index contributed by atoms with van der Waals surface area (Å²) >= 11 is 0. The summed E-state index contributed by atoms with van der Waals surface area (Å²) in [5, 5.41) is 3.36. The Morgan fingerprint density at radius 2 is 1.62 bits per heavy atom. The maximum Gasteiger partial charge on any atom is 0.0200 e. The van der Waals surface area contributed by atoms with Crippen LogP contribution in [0.1, 0.15) is 41.5 Å². The van der Waals surface area contributed by atoms with Crippen molar-refractivity contribution in [1.82, 2.24) is 5.32 Å². The molecule has 0 aliphatic carbocycles. The summed E-state index contributed by atoms with van der Waals surface area (Å²) in [5.41, 5.74) is 0.388. The van der Waals surface area contributed by atoms with Crippen LogP contribution in [0.2, 0.25) is 0 Å². The van der Waals surface area contributed by atoms with E-state index in [1.807, 2.05) is 19.2 Å². The van der Waals surface area contributed by atoms with Crippen LogP contribution in [0.15, 0.2) is 12.3 Å². The standard InChI is InChI=1S/C12H25N/c1-7-8-13-9-12(6,10(2)3)11(4)5/h7-8,10-11,13H,9H2,1-6H3/b8-7-. The molecular weight excluding hydrogens is 158 g/mol. The molecule has 1 heteroatoms. The van der Waals surface area contributed by atoms with Crippen LogP contribution in [0, 0.1) is 17.3 Å². The first kappa shape index (κ1) is 12.5. The van der Waals surface area contributed by atoms with Gasteiger partial charge in [-0.1, -0.05) is 40.7 Å². The molecule has 0 bridgehead atoms. The van der Waals surface area contributed by atoms with E-state index >= 15 is 0 Å². The summed E-state index contributed by atoms with van der Waals surface area (Å²) < 4.78 is 0. The van der Waals surface area contributed by atoms with Gasteiger partial charge < -0.3 is 5.32 Å². The zero-order chi connectivity index (χ0) is 10.5. The van der Waals surface area contributed by atoms with Crippen molar-refractivity contribution in [1.29, 1.82) is 0 Å². The molecule has 0 heterocycles. The van der Waals surface area contributed by atoms with Gasteiger partial charge in [-0.05, 0) is 30.4 Å². The number of nitrogens with one attached hydrogen (secondary N) is 1. The largest absolute Gasteiger partial charge is 0.391 e. The van der Waals surface area contributed by atoms with Gasteiger partial charge in [0.2, 0.25) is 0 Å². The summed E-state index contributed by atoms with van der Waals surface area (Å²) in [6, 6.07) is 0. The number of rotatable bonds is 5. The molecule has 13 heavy (non-hydrogen) atoms. The fourth-order valence-corrected chi connectivity index (χ4v) is 1.47. The Morgan fingerprint density at radius 3 is 1.92 bits per heavy atom. The molecule has 78 valence electrons. The van der Waals surface area contributed by atoms with Crippen LogP contribution in [0.3, 0.4) is 0 Å². The molecule has 0 fully saturated rings. The molecule has 1 N–H and O–H groups in total. The van der Waals surface area contributed by atoms with E-state index < -0.39 is 0 Å². The molecule has 0 unspecified atom stereocenters. The van der Waals surface area contributed by atoms with E-state index in [4.69, 9.17) is 0 Å². The Morgan fingerprint density at radius 1 is 1.15 bits per heavy atom. The zero-order valence-electron chi connectivity index (χ0n) is 10.0. The molecule has 0 aromatic carbocycles. The topological polar surface area (TPSA) is 12.0 Å². The minimum absolute atomic E-state index is 0.388. The van der Waals surface area contributed by atoms with E-state index in [0.29, 0.717) is 17.3 Å². The first-order valence-corrected chi connectivity index (χ1v) is 5.29. The van der Waals surface area contributed by atoms with Gasteiger partial charge in [-0.25, -0.2) is 0 Å². The zero-order valence-corrected chi connectivity index (χ0v) is 10.0. The molecule has 0 aliphatic heterocycles. The highest BCUT2D eigenvalue weighted by Gasteiger charge is 2.31. The van der Waals surface area contributed by atoms with Gasteiger partial charge >= 0.3 is 0 Å². The maximum absolute atomic E-state index is 3.36. The molecule has 0 aliphatic rings. The smallest absolute Gasteiger partial charge is 0.0200 e. The Hall–Kier alpha value is -0.460. The van der Waals surface area contributed by atoms with Gasteiger partial charge in [-0.3, -0.25) is 0 Å². The van der Waals surface area contributed by atoms with Gasteiger partial charge in [0.15, 0.2) is 0 Å². The third-order valence-electron chi connectivity index (χ3n) is 3.41. The van der Waals surface area contributed by atoms with Gasteiger partial charge in [-0.2, -0.15) is 0 Å². The second kappa shape index (κ2) is 5.31. The van der Waals surface area contributed by atoms with Crippen molar-refractivity contribution in [3.63, 3.8) is 0 Å². The molecule has 0 amide bonds. The quantitative estimate of drug-likeness (QED) is 0.688. The van der Waals surface area contributed by atoms with E-state index in [1.54, 1.807) is 0 Å². The second-order valence-corrected chi connectivity index (χ2v) is 4.70.